The van der Waals surface area contributed by atoms with E-state index in [9.17, 15) is 19.7 Å². The summed E-state index contributed by atoms with van der Waals surface area (Å²) in [6.07, 6.45) is 0. The first kappa shape index (κ1) is 15.8. The van der Waals surface area contributed by atoms with Gasteiger partial charge in [0.1, 0.15) is 5.56 Å². The predicted octanol–water partition coefficient (Wildman–Crippen LogP) is 3.40. The van der Waals surface area contributed by atoms with Gasteiger partial charge in [0.25, 0.3) is 5.69 Å². The number of nitro benzene ring substituents is 1. The van der Waals surface area contributed by atoms with Crippen LogP contribution in [-0.4, -0.2) is 23.3 Å². The lowest BCUT2D eigenvalue weighted by Crippen LogP contribution is -2.15. The van der Waals surface area contributed by atoms with Gasteiger partial charge in [-0.05, 0) is 18.2 Å². The van der Waals surface area contributed by atoms with E-state index in [1.54, 1.807) is 24.3 Å². The van der Waals surface area contributed by atoms with Crippen LogP contribution in [0.25, 0.3) is 0 Å². The van der Waals surface area contributed by atoms with Crippen LogP contribution >= 0.6 is 15.9 Å². The van der Waals surface area contributed by atoms with Crippen molar-refractivity contribution in [3.05, 3.63) is 74.2 Å². The Kier molecular flexibility index (Phi) is 5.00. The minimum Gasteiger partial charge on any atom is -0.454 e. The number of nitro groups is 1. The zero-order chi connectivity index (χ0) is 16.1. The molecule has 0 aliphatic heterocycles. The van der Waals surface area contributed by atoms with Crippen LogP contribution < -0.4 is 0 Å². The van der Waals surface area contributed by atoms with E-state index in [1.807, 2.05) is 0 Å². The normalized spacial score (nSPS) is 10.0. The summed E-state index contributed by atoms with van der Waals surface area (Å²) in [6.45, 7) is -0.485. The number of benzene rings is 2. The fourth-order valence-corrected chi connectivity index (χ4v) is 2.16. The van der Waals surface area contributed by atoms with Gasteiger partial charge in [0.15, 0.2) is 12.4 Å². The zero-order valence-corrected chi connectivity index (χ0v) is 12.8. The molecule has 7 heteroatoms. The van der Waals surface area contributed by atoms with E-state index in [1.165, 1.54) is 24.3 Å². The average molecular weight is 364 g/mol. The third-order valence-corrected chi connectivity index (χ3v) is 3.29. The number of hydrogen-bond acceptors (Lipinski definition) is 5. The standard InChI is InChI=1S/C15H10BrNO5/c16-11-5-3-4-10(8-11)14(18)9-22-15(19)12-6-1-2-7-13(12)17(20)21/h1-8H,9H2. The molecule has 0 aromatic heterocycles. The van der Waals surface area contributed by atoms with Crippen LogP contribution in [0.1, 0.15) is 20.7 Å². The average Bonchev–Trinajstić information content (AvgIpc) is 2.52. The van der Waals surface area contributed by atoms with Crippen molar-refractivity contribution in [1.29, 1.82) is 0 Å². The number of hydrogen-bond donors (Lipinski definition) is 0. The van der Waals surface area contributed by atoms with Crippen molar-refractivity contribution in [3.63, 3.8) is 0 Å². The van der Waals surface area contributed by atoms with Gasteiger partial charge < -0.3 is 4.74 Å². The molecule has 22 heavy (non-hydrogen) atoms. The highest BCUT2D eigenvalue weighted by molar-refractivity contribution is 9.10. The molecule has 0 saturated heterocycles. The number of rotatable bonds is 5. The summed E-state index contributed by atoms with van der Waals surface area (Å²) >= 11 is 3.24. The van der Waals surface area contributed by atoms with Gasteiger partial charge in [-0.3, -0.25) is 14.9 Å². The van der Waals surface area contributed by atoms with E-state index in [2.05, 4.69) is 15.9 Å². The summed E-state index contributed by atoms with van der Waals surface area (Å²) in [4.78, 5) is 34.0. The van der Waals surface area contributed by atoms with Gasteiger partial charge in [-0.15, -0.1) is 0 Å². The Hall–Kier alpha value is -2.54. The van der Waals surface area contributed by atoms with Crippen LogP contribution in [-0.2, 0) is 4.74 Å². The second kappa shape index (κ2) is 6.95. The summed E-state index contributed by atoms with van der Waals surface area (Å²) in [5, 5.41) is 10.8. The van der Waals surface area contributed by atoms with Crippen LogP contribution in [0, 0.1) is 10.1 Å². The molecule has 2 rings (SSSR count). The molecule has 0 aliphatic carbocycles. The van der Waals surface area contributed by atoms with E-state index in [0.29, 0.717) is 5.56 Å². The Morgan fingerprint density at radius 2 is 1.86 bits per heavy atom. The zero-order valence-electron chi connectivity index (χ0n) is 11.2. The monoisotopic (exact) mass is 363 g/mol. The Morgan fingerprint density at radius 3 is 2.55 bits per heavy atom. The summed E-state index contributed by atoms with van der Waals surface area (Å²) in [5.41, 5.74) is -0.165. The van der Waals surface area contributed by atoms with Crippen LogP contribution in [0.4, 0.5) is 5.69 Å². The lowest BCUT2D eigenvalue weighted by atomic mass is 10.1. The van der Waals surface area contributed by atoms with Gasteiger partial charge in [-0.2, -0.15) is 0 Å². The molecular formula is C15H10BrNO5. The fraction of sp³-hybridized carbons (Fsp3) is 0.0667. The molecule has 0 fully saturated rings. The number of halogens is 1. The largest absolute Gasteiger partial charge is 0.454 e. The number of Topliss-reactive ketones (excluding diaryl/α,β-unsaturated/α-hetero) is 1. The summed E-state index contributed by atoms with van der Waals surface area (Å²) < 4.78 is 5.59. The molecule has 0 spiro atoms. The minimum atomic E-state index is -0.907. The Labute approximate surface area is 134 Å². The highest BCUT2D eigenvalue weighted by atomic mass is 79.9. The lowest BCUT2D eigenvalue weighted by molar-refractivity contribution is -0.385. The van der Waals surface area contributed by atoms with Gasteiger partial charge in [0.05, 0.1) is 4.92 Å². The highest BCUT2D eigenvalue weighted by Crippen LogP contribution is 2.19. The number of carbonyl (C=O) groups is 2. The second-order valence-electron chi connectivity index (χ2n) is 4.28. The quantitative estimate of drug-likeness (QED) is 0.351. The number of carbonyl (C=O) groups excluding carboxylic acids is 2. The molecule has 2 aromatic rings. The molecule has 0 amide bonds. The van der Waals surface area contributed by atoms with Crippen molar-refractivity contribution in [2.24, 2.45) is 0 Å². The van der Waals surface area contributed by atoms with Crippen LogP contribution in [0.3, 0.4) is 0 Å². The molecule has 2 aromatic carbocycles. The van der Waals surface area contributed by atoms with Crippen LogP contribution in [0.5, 0.6) is 0 Å². The summed E-state index contributed by atoms with van der Waals surface area (Å²) in [6, 6.07) is 12.0. The molecule has 6 nitrogen and oxygen atoms in total. The molecule has 0 unspecified atom stereocenters. The summed E-state index contributed by atoms with van der Waals surface area (Å²) in [7, 11) is 0. The van der Waals surface area contributed by atoms with E-state index in [-0.39, 0.29) is 11.3 Å². The Balaban J connectivity index is 2.07. The van der Waals surface area contributed by atoms with E-state index in [0.717, 1.165) is 4.47 Å². The summed E-state index contributed by atoms with van der Waals surface area (Å²) in [5.74, 6) is -1.30. The Morgan fingerprint density at radius 1 is 1.14 bits per heavy atom. The maximum Gasteiger partial charge on any atom is 0.345 e. The maximum absolute atomic E-state index is 11.9. The SMILES string of the molecule is O=C(COC(=O)c1ccccc1[N+](=O)[O-])c1cccc(Br)c1. The number of ketones is 1. The third kappa shape index (κ3) is 3.76. The first-order valence-electron chi connectivity index (χ1n) is 6.18. The van der Waals surface area contributed by atoms with Gasteiger partial charge in [0.2, 0.25) is 0 Å². The molecule has 112 valence electrons. The molecule has 0 N–H and O–H groups in total. The number of ether oxygens (including phenoxy) is 1. The van der Waals surface area contributed by atoms with Crippen molar-refractivity contribution >= 4 is 33.4 Å². The number of para-hydroxylation sites is 1. The van der Waals surface area contributed by atoms with E-state index >= 15 is 0 Å². The maximum atomic E-state index is 11.9. The number of nitrogens with zero attached hydrogens (tertiary/aromatic N) is 1. The highest BCUT2D eigenvalue weighted by Gasteiger charge is 2.21. The molecule has 0 aliphatic rings. The van der Waals surface area contributed by atoms with Crippen LogP contribution in [0.15, 0.2) is 53.0 Å². The molecule has 0 radical (unpaired) electrons. The smallest absolute Gasteiger partial charge is 0.345 e. The van der Waals surface area contributed by atoms with Gasteiger partial charge in [0, 0.05) is 16.1 Å². The molecular weight excluding hydrogens is 354 g/mol. The van der Waals surface area contributed by atoms with Crippen LogP contribution in [0.2, 0.25) is 0 Å². The van der Waals surface area contributed by atoms with Gasteiger partial charge in [-0.1, -0.05) is 40.2 Å². The van der Waals surface area contributed by atoms with Gasteiger partial charge in [-0.25, -0.2) is 4.79 Å². The second-order valence-corrected chi connectivity index (χ2v) is 5.20. The van der Waals surface area contributed by atoms with E-state index in [4.69, 9.17) is 4.74 Å². The topological polar surface area (TPSA) is 86.5 Å². The lowest BCUT2D eigenvalue weighted by Gasteiger charge is -2.05. The van der Waals surface area contributed by atoms with Crippen molar-refractivity contribution in [1.82, 2.24) is 0 Å². The van der Waals surface area contributed by atoms with Crippen molar-refractivity contribution in [2.75, 3.05) is 6.61 Å². The third-order valence-electron chi connectivity index (χ3n) is 2.80. The molecule has 0 heterocycles. The predicted molar refractivity (Wildman–Crippen MR) is 81.9 cm³/mol. The first-order chi connectivity index (χ1) is 10.5. The van der Waals surface area contributed by atoms with Crippen molar-refractivity contribution < 1.29 is 19.2 Å². The molecule has 0 bridgehead atoms. The van der Waals surface area contributed by atoms with Gasteiger partial charge >= 0.3 is 5.97 Å². The minimum absolute atomic E-state index is 0.186. The molecule has 0 atom stereocenters. The van der Waals surface area contributed by atoms with E-state index < -0.39 is 23.3 Å². The molecule has 0 saturated carbocycles. The Bertz CT molecular complexity index is 744. The van der Waals surface area contributed by atoms with Crippen molar-refractivity contribution in [2.45, 2.75) is 0 Å². The van der Waals surface area contributed by atoms with Crippen molar-refractivity contribution in [3.8, 4) is 0 Å². The fourth-order valence-electron chi connectivity index (χ4n) is 1.76. The first-order valence-corrected chi connectivity index (χ1v) is 6.97. The number of esters is 1.